The van der Waals surface area contributed by atoms with Gasteiger partial charge in [-0.05, 0) is 43.4 Å². The van der Waals surface area contributed by atoms with E-state index in [2.05, 4.69) is 10.6 Å². The second-order valence-corrected chi connectivity index (χ2v) is 8.93. The molecular formula is C23H23N3O7S. The first kappa shape index (κ1) is 23.4. The predicted octanol–water partition coefficient (Wildman–Crippen LogP) is 2.35. The van der Waals surface area contributed by atoms with Crippen molar-refractivity contribution in [1.29, 1.82) is 0 Å². The number of aryl methyl sites for hydroxylation is 1. The summed E-state index contributed by atoms with van der Waals surface area (Å²) in [4.78, 5) is 64.4. The highest BCUT2D eigenvalue weighted by molar-refractivity contribution is 7.18. The Balaban J connectivity index is 1.57. The number of rotatable bonds is 6. The number of ether oxygens (including phenoxy) is 2. The van der Waals surface area contributed by atoms with Crippen LogP contribution in [-0.2, 0) is 31.0 Å². The molecule has 1 aromatic heterocycles. The minimum absolute atomic E-state index is 0.0268. The summed E-state index contributed by atoms with van der Waals surface area (Å²) in [7, 11) is 1.21. The van der Waals surface area contributed by atoms with E-state index in [0.717, 1.165) is 27.4 Å². The van der Waals surface area contributed by atoms with Gasteiger partial charge in [-0.15, -0.1) is 11.3 Å². The number of methoxy groups -OCH3 is 1. The lowest BCUT2D eigenvalue weighted by atomic mass is 9.92. The number of benzene rings is 1. The van der Waals surface area contributed by atoms with E-state index in [0.29, 0.717) is 18.4 Å². The molecule has 2 heterocycles. The Morgan fingerprint density at radius 1 is 1.21 bits per heavy atom. The Hall–Kier alpha value is -3.73. The first-order chi connectivity index (χ1) is 16.2. The van der Waals surface area contributed by atoms with Crippen molar-refractivity contribution in [3.8, 4) is 0 Å². The van der Waals surface area contributed by atoms with Gasteiger partial charge in [0, 0.05) is 0 Å². The van der Waals surface area contributed by atoms with Gasteiger partial charge in [0.15, 0.2) is 0 Å². The van der Waals surface area contributed by atoms with Crippen LogP contribution in [0.3, 0.4) is 0 Å². The largest absolute Gasteiger partial charge is 0.465 e. The summed E-state index contributed by atoms with van der Waals surface area (Å²) in [6.07, 6.45) is 1.05. The number of imide groups is 1. The van der Waals surface area contributed by atoms with Crippen LogP contribution in [0.5, 0.6) is 0 Å². The monoisotopic (exact) mass is 485 g/mol. The van der Waals surface area contributed by atoms with Crippen LogP contribution in [0.4, 0.5) is 9.80 Å². The SMILES string of the molecule is CCOC(=O)c1c(NC(=O)CN2C(=O)NC3(CCc4ccccc43)C2=O)sc(C(=O)OC)c1C. The number of carbonyl (C=O) groups excluding carboxylic acids is 5. The lowest BCUT2D eigenvalue weighted by Gasteiger charge is -2.22. The molecule has 2 aliphatic rings. The number of fused-ring (bicyclic) bond motifs is 2. The van der Waals surface area contributed by atoms with E-state index < -0.39 is 41.9 Å². The lowest BCUT2D eigenvalue weighted by Crippen LogP contribution is -2.43. The molecule has 0 radical (unpaired) electrons. The van der Waals surface area contributed by atoms with E-state index in [4.69, 9.17) is 9.47 Å². The molecule has 178 valence electrons. The normalized spacial score (nSPS) is 18.6. The topological polar surface area (TPSA) is 131 Å². The highest BCUT2D eigenvalue weighted by atomic mass is 32.1. The van der Waals surface area contributed by atoms with Crippen LogP contribution < -0.4 is 10.6 Å². The smallest absolute Gasteiger partial charge is 0.348 e. The minimum atomic E-state index is -1.18. The van der Waals surface area contributed by atoms with E-state index in [1.54, 1.807) is 26.0 Å². The third kappa shape index (κ3) is 3.71. The molecule has 1 atom stereocenters. The van der Waals surface area contributed by atoms with E-state index >= 15 is 0 Å². The molecule has 11 heteroatoms. The van der Waals surface area contributed by atoms with E-state index in [9.17, 15) is 24.0 Å². The van der Waals surface area contributed by atoms with Crippen molar-refractivity contribution in [3.63, 3.8) is 0 Å². The number of carbonyl (C=O) groups is 5. The van der Waals surface area contributed by atoms with Crippen molar-refractivity contribution in [2.45, 2.75) is 32.2 Å². The molecule has 2 N–H and O–H groups in total. The zero-order valence-electron chi connectivity index (χ0n) is 18.9. The number of nitrogens with one attached hydrogen (secondary N) is 2. The van der Waals surface area contributed by atoms with Gasteiger partial charge in [-0.25, -0.2) is 14.4 Å². The van der Waals surface area contributed by atoms with Crippen molar-refractivity contribution in [1.82, 2.24) is 10.2 Å². The minimum Gasteiger partial charge on any atom is -0.465 e. The molecule has 4 rings (SSSR count). The quantitative estimate of drug-likeness (QED) is 0.474. The Bertz CT molecular complexity index is 1220. The van der Waals surface area contributed by atoms with E-state index in [-0.39, 0.29) is 22.0 Å². The van der Waals surface area contributed by atoms with Crippen LogP contribution in [0.2, 0.25) is 0 Å². The summed E-state index contributed by atoms with van der Waals surface area (Å²) in [5.41, 5.74) is 0.867. The van der Waals surface area contributed by atoms with Gasteiger partial charge in [-0.2, -0.15) is 0 Å². The average molecular weight is 486 g/mol. The van der Waals surface area contributed by atoms with Gasteiger partial charge in [0.2, 0.25) is 5.91 Å². The molecular weight excluding hydrogens is 462 g/mol. The maximum atomic E-state index is 13.3. The average Bonchev–Trinajstić information content (AvgIpc) is 3.42. The maximum Gasteiger partial charge on any atom is 0.348 e. The zero-order chi connectivity index (χ0) is 24.6. The van der Waals surface area contributed by atoms with Crippen LogP contribution >= 0.6 is 11.3 Å². The van der Waals surface area contributed by atoms with Crippen LogP contribution in [-0.4, -0.2) is 54.9 Å². The summed E-state index contributed by atoms with van der Waals surface area (Å²) in [6.45, 7) is 2.72. The molecule has 2 aromatic rings. The van der Waals surface area contributed by atoms with Crippen LogP contribution in [0.1, 0.15) is 50.1 Å². The Morgan fingerprint density at radius 2 is 1.94 bits per heavy atom. The third-order valence-electron chi connectivity index (χ3n) is 5.97. The number of urea groups is 1. The van der Waals surface area contributed by atoms with Gasteiger partial charge in [-0.1, -0.05) is 24.3 Å². The number of thiophene rings is 1. The fourth-order valence-electron chi connectivity index (χ4n) is 4.38. The fourth-order valence-corrected chi connectivity index (χ4v) is 5.51. The van der Waals surface area contributed by atoms with Crippen LogP contribution in [0.25, 0.3) is 0 Å². The van der Waals surface area contributed by atoms with Crippen molar-refractivity contribution in [2.24, 2.45) is 0 Å². The molecule has 1 unspecified atom stereocenters. The van der Waals surface area contributed by atoms with Gasteiger partial charge in [0.1, 0.15) is 22.0 Å². The molecule has 0 saturated carbocycles. The molecule has 1 fully saturated rings. The highest BCUT2D eigenvalue weighted by Gasteiger charge is 2.55. The number of hydrogen-bond acceptors (Lipinski definition) is 8. The lowest BCUT2D eigenvalue weighted by molar-refractivity contribution is -0.134. The molecule has 34 heavy (non-hydrogen) atoms. The van der Waals surface area contributed by atoms with Gasteiger partial charge in [-0.3, -0.25) is 14.5 Å². The van der Waals surface area contributed by atoms with Gasteiger partial charge < -0.3 is 20.1 Å². The second kappa shape index (κ2) is 8.90. The summed E-state index contributed by atoms with van der Waals surface area (Å²) in [5, 5.41) is 5.39. The van der Waals surface area contributed by atoms with Gasteiger partial charge >= 0.3 is 18.0 Å². The highest BCUT2D eigenvalue weighted by Crippen LogP contribution is 2.41. The number of hydrogen-bond donors (Lipinski definition) is 2. The number of anilines is 1. The van der Waals surface area contributed by atoms with Crippen molar-refractivity contribution < 1.29 is 33.4 Å². The standard InChI is InChI=1S/C23H23N3O7S/c1-4-33-19(28)16-12(2)17(20(29)32-3)34-18(16)24-15(27)11-26-21(30)23(25-22(26)31)10-9-13-7-5-6-8-14(13)23/h5-8H,4,9-11H2,1-3H3,(H,24,27)(H,25,31). The van der Waals surface area contributed by atoms with Crippen molar-refractivity contribution in [3.05, 3.63) is 51.4 Å². The van der Waals surface area contributed by atoms with E-state index in [1.807, 2.05) is 12.1 Å². The Morgan fingerprint density at radius 3 is 2.65 bits per heavy atom. The molecule has 1 aliphatic heterocycles. The van der Waals surface area contributed by atoms with Gasteiger partial charge in [0.25, 0.3) is 5.91 Å². The molecule has 1 aromatic carbocycles. The second-order valence-electron chi connectivity index (χ2n) is 7.90. The number of esters is 2. The molecule has 10 nitrogen and oxygen atoms in total. The van der Waals surface area contributed by atoms with Crippen LogP contribution in [0, 0.1) is 6.92 Å². The zero-order valence-corrected chi connectivity index (χ0v) is 19.7. The van der Waals surface area contributed by atoms with Crippen LogP contribution in [0.15, 0.2) is 24.3 Å². The summed E-state index contributed by atoms with van der Waals surface area (Å²) in [5.74, 6) is -2.57. The fraction of sp³-hybridized carbons (Fsp3) is 0.348. The number of amides is 4. The molecule has 0 bridgehead atoms. The summed E-state index contributed by atoms with van der Waals surface area (Å²) in [6, 6.07) is 6.72. The molecule has 1 spiro atoms. The first-order valence-corrected chi connectivity index (χ1v) is 11.5. The van der Waals surface area contributed by atoms with Crippen molar-refractivity contribution in [2.75, 3.05) is 25.6 Å². The van der Waals surface area contributed by atoms with E-state index in [1.165, 1.54) is 7.11 Å². The summed E-state index contributed by atoms with van der Waals surface area (Å²) < 4.78 is 9.81. The molecule has 1 aliphatic carbocycles. The first-order valence-electron chi connectivity index (χ1n) is 10.6. The molecule has 4 amide bonds. The maximum absolute atomic E-state index is 13.3. The summed E-state index contributed by atoms with van der Waals surface area (Å²) >= 11 is 0.859. The van der Waals surface area contributed by atoms with Crippen molar-refractivity contribution >= 4 is 46.1 Å². The number of nitrogens with zero attached hydrogens (tertiary/aromatic N) is 1. The molecule has 1 saturated heterocycles. The van der Waals surface area contributed by atoms with Gasteiger partial charge in [0.05, 0.1) is 19.3 Å². The Labute approximate surface area is 199 Å². The Kier molecular flexibility index (Phi) is 6.13. The third-order valence-corrected chi connectivity index (χ3v) is 7.16. The predicted molar refractivity (Wildman–Crippen MR) is 122 cm³/mol.